The molecule has 3 aliphatic rings. The molecule has 0 radical (unpaired) electrons. The summed E-state index contributed by atoms with van der Waals surface area (Å²) in [6.45, 7) is 12.7. The fourth-order valence-corrected chi connectivity index (χ4v) is 9.77. The van der Waals surface area contributed by atoms with Gasteiger partial charge in [-0.2, -0.15) is 0 Å². The minimum Gasteiger partial charge on any atom is -0.378 e. The number of nitrogens with zero attached hydrogens (tertiary/aromatic N) is 11. The first-order valence-electron chi connectivity index (χ1n) is 22.7. The third-order valence-corrected chi connectivity index (χ3v) is 14.2. The third kappa shape index (κ3) is 12.1. The van der Waals surface area contributed by atoms with E-state index in [4.69, 9.17) is 49.3 Å². The molecule has 364 valence electrons. The van der Waals surface area contributed by atoms with Gasteiger partial charge in [-0.1, -0.05) is 46.9 Å². The Labute approximate surface area is 419 Å². The summed E-state index contributed by atoms with van der Waals surface area (Å²) in [7, 11) is 1.95. The fraction of sp³-hybridized carbons (Fsp3) is 0.426. The molecule has 3 aliphatic heterocycles. The van der Waals surface area contributed by atoms with Crippen LogP contribution in [0.2, 0.25) is 15.1 Å². The number of piperazine rings is 1. The van der Waals surface area contributed by atoms with Gasteiger partial charge in [0, 0.05) is 85.9 Å². The van der Waals surface area contributed by atoms with Gasteiger partial charge in [0.2, 0.25) is 11.8 Å². The van der Waals surface area contributed by atoms with Crippen molar-refractivity contribution in [1.82, 2.24) is 50.2 Å². The lowest BCUT2D eigenvalue weighted by Crippen LogP contribution is -2.51. The molecule has 3 aromatic heterocycles. The van der Waals surface area contributed by atoms with Gasteiger partial charge in [0.05, 0.1) is 47.7 Å². The molecule has 2 saturated heterocycles. The maximum atomic E-state index is 13.5. The van der Waals surface area contributed by atoms with E-state index in [2.05, 4.69) is 54.6 Å². The Morgan fingerprint density at radius 3 is 2.38 bits per heavy atom. The SMILES string of the molecule is Cc1nc(N=C2CCN(c3ccc(Cl)c(Cl)c3)N2)cc(C(=O)N2CCN(C(=O)COCCN(C)CCOCCNC(=O)C[C@@H]3N=C(c4ccc(Cl)cc4)c4c(sc(C)c4C)-n4c(C)nnc43)CC2)n1. The Hall–Kier alpha value is -5.54. The molecule has 2 aromatic carbocycles. The summed E-state index contributed by atoms with van der Waals surface area (Å²) in [5.41, 5.74) is 8.21. The van der Waals surface area contributed by atoms with Gasteiger partial charge in [-0.15, -0.1) is 21.5 Å². The largest absolute Gasteiger partial charge is 0.378 e. The standard InChI is InChI=1S/C47H54Cl3N13O5S/c1-28-29(2)69-47-43(28)44(32-6-8-33(48)9-7-32)54-37(45-57-56-31(4)63(45)47)26-41(64)51-13-21-67-22-19-59(5)20-23-68-27-42(65)60-15-17-61(18-16-60)46(66)38-25-40(53-30(3)52-38)55-39-12-14-62(58-39)34-10-11-35(49)36(50)24-34/h6-11,24-25,37H,12-23,26-27H2,1-5H3,(H,51,64)(H,52,53,55,58)/t37-/m0/s1. The van der Waals surface area contributed by atoms with Gasteiger partial charge in [0.25, 0.3) is 5.91 Å². The predicted octanol–water partition coefficient (Wildman–Crippen LogP) is 6.11. The number of fused-ring (bicyclic) bond motifs is 3. The van der Waals surface area contributed by atoms with Crippen molar-refractivity contribution in [2.75, 3.05) is 90.8 Å². The quantitative estimate of drug-likeness (QED) is 0.102. The van der Waals surface area contributed by atoms with E-state index in [9.17, 15) is 14.4 Å². The van der Waals surface area contributed by atoms with E-state index in [-0.39, 0.29) is 36.4 Å². The second-order valence-corrected chi connectivity index (χ2v) is 19.4. The summed E-state index contributed by atoms with van der Waals surface area (Å²) >= 11 is 20.2. The lowest BCUT2D eigenvalue weighted by Gasteiger charge is -2.34. The Balaban J connectivity index is 0.714. The van der Waals surface area contributed by atoms with Crippen molar-refractivity contribution in [3.05, 3.63) is 108 Å². The van der Waals surface area contributed by atoms with Crippen LogP contribution < -0.4 is 15.8 Å². The number of hydrazine groups is 1. The average molecular weight is 1020 g/mol. The zero-order valence-electron chi connectivity index (χ0n) is 39.1. The Morgan fingerprint density at radius 1 is 0.884 bits per heavy atom. The summed E-state index contributed by atoms with van der Waals surface area (Å²) in [6, 6.07) is 14.0. The number of carbonyl (C=O) groups excluding carboxylic acids is 3. The van der Waals surface area contributed by atoms with E-state index in [1.165, 1.54) is 4.88 Å². The van der Waals surface area contributed by atoms with Crippen LogP contribution in [0.25, 0.3) is 5.00 Å². The third-order valence-electron chi connectivity index (χ3n) is 12.0. The molecule has 18 nitrogen and oxygen atoms in total. The number of thiophene rings is 1. The molecule has 5 aromatic rings. The van der Waals surface area contributed by atoms with Gasteiger partial charge in [-0.05, 0) is 70.6 Å². The molecular weight excluding hydrogens is 965 g/mol. The molecule has 0 unspecified atom stereocenters. The molecule has 0 spiro atoms. The first kappa shape index (κ1) is 49.9. The average Bonchev–Trinajstić information content (AvgIpc) is 4.02. The number of benzene rings is 2. The van der Waals surface area contributed by atoms with Crippen LogP contribution in [0.5, 0.6) is 0 Å². The molecule has 22 heteroatoms. The fourth-order valence-electron chi connectivity index (χ4n) is 8.14. The number of anilines is 1. The number of nitrogens with one attached hydrogen (secondary N) is 2. The number of aromatic nitrogens is 5. The second kappa shape index (κ2) is 22.5. The Kier molecular flexibility index (Phi) is 16.2. The molecule has 8 rings (SSSR count). The van der Waals surface area contributed by atoms with Crippen LogP contribution >= 0.6 is 46.1 Å². The van der Waals surface area contributed by atoms with Crippen LogP contribution in [0.15, 0.2) is 58.5 Å². The van der Waals surface area contributed by atoms with Gasteiger partial charge in [-0.3, -0.25) is 34.4 Å². The maximum absolute atomic E-state index is 13.5. The highest BCUT2D eigenvalue weighted by Crippen LogP contribution is 2.39. The van der Waals surface area contributed by atoms with Gasteiger partial charge in [0.15, 0.2) is 11.6 Å². The molecule has 0 saturated carbocycles. The molecule has 6 heterocycles. The predicted molar refractivity (Wildman–Crippen MR) is 268 cm³/mol. The van der Waals surface area contributed by atoms with E-state index in [1.807, 2.05) is 53.9 Å². The molecule has 0 aliphatic carbocycles. The number of amides is 3. The number of likely N-dealkylation sites (N-methyl/N-ethyl adjacent to an activating group) is 1. The summed E-state index contributed by atoms with van der Waals surface area (Å²) in [5.74, 6) is 2.32. The normalized spacial score (nSPS) is 16.4. The maximum Gasteiger partial charge on any atom is 0.272 e. The lowest BCUT2D eigenvalue weighted by molar-refractivity contribution is -0.137. The van der Waals surface area contributed by atoms with Crippen molar-refractivity contribution in [3.8, 4) is 5.00 Å². The minimum atomic E-state index is -0.557. The zero-order chi connectivity index (χ0) is 48.8. The molecule has 2 N–H and O–H groups in total. The summed E-state index contributed by atoms with van der Waals surface area (Å²) in [6.07, 6.45) is 0.731. The molecule has 1 atom stereocenters. The lowest BCUT2D eigenvalue weighted by atomic mass is 9.99. The molecule has 2 fully saturated rings. The van der Waals surface area contributed by atoms with Crippen molar-refractivity contribution in [2.45, 2.75) is 46.6 Å². The number of aryl methyl sites for hydroxylation is 3. The van der Waals surface area contributed by atoms with Gasteiger partial charge < -0.3 is 29.5 Å². The van der Waals surface area contributed by atoms with Crippen LogP contribution in [0.3, 0.4) is 0 Å². The second-order valence-electron chi connectivity index (χ2n) is 16.9. The highest BCUT2D eigenvalue weighted by Gasteiger charge is 2.33. The summed E-state index contributed by atoms with van der Waals surface area (Å²) < 4.78 is 13.6. The molecule has 69 heavy (non-hydrogen) atoms. The molecule has 0 bridgehead atoms. The van der Waals surface area contributed by atoms with Crippen LogP contribution in [0.1, 0.15) is 68.4 Å². The number of halogens is 3. The minimum absolute atomic E-state index is 0.0515. The number of ether oxygens (including phenoxy) is 2. The number of carbonyl (C=O) groups is 3. The molecule has 3 amide bonds. The van der Waals surface area contributed by atoms with E-state index in [1.54, 1.807) is 46.3 Å². The Morgan fingerprint density at radius 2 is 1.62 bits per heavy atom. The molecular formula is C47H54Cl3N13O5S. The number of rotatable bonds is 17. The van der Waals surface area contributed by atoms with Crippen molar-refractivity contribution in [3.63, 3.8) is 0 Å². The van der Waals surface area contributed by atoms with Crippen LogP contribution in [-0.4, -0.2) is 155 Å². The first-order chi connectivity index (χ1) is 33.2. The summed E-state index contributed by atoms with van der Waals surface area (Å²) in [4.78, 5) is 65.1. The van der Waals surface area contributed by atoms with E-state index >= 15 is 0 Å². The van der Waals surface area contributed by atoms with E-state index in [0.29, 0.717) is 117 Å². The van der Waals surface area contributed by atoms with Crippen LogP contribution in [-0.2, 0) is 19.1 Å². The Bertz CT molecular complexity index is 2760. The zero-order valence-corrected chi connectivity index (χ0v) is 42.2. The van der Waals surface area contributed by atoms with E-state index < -0.39 is 6.04 Å². The highest BCUT2D eigenvalue weighted by atomic mass is 35.5. The monoisotopic (exact) mass is 1020 g/mol. The smallest absolute Gasteiger partial charge is 0.272 e. The summed E-state index contributed by atoms with van der Waals surface area (Å²) in [5, 5.41) is 16.3. The number of hydrogen-bond acceptors (Lipinski definition) is 14. The van der Waals surface area contributed by atoms with Crippen molar-refractivity contribution >= 4 is 86.9 Å². The number of hydrogen-bond donors (Lipinski definition) is 2. The van der Waals surface area contributed by atoms with Gasteiger partial charge in [-0.25, -0.2) is 15.0 Å². The first-order valence-corrected chi connectivity index (χ1v) is 24.6. The van der Waals surface area contributed by atoms with Crippen molar-refractivity contribution < 1.29 is 23.9 Å². The van der Waals surface area contributed by atoms with Crippen LogP contribution in [0, 0.1) is 27.7 Å². The topological polar surface area (TPSA) is 188 Å². The van der Waals surface area contributed by atoms with Crippen molar-refractivity contribution in [2.24, 2.45) is 9.98 Å². The van der Waals surface area contributed by atoms with Crippen LogP contribution in [0.4, 0.5) is 11.5 Å². The van der Waals surface area contributed by atoms with Crippen molar-refractivity contribution in [1.29, 1.82) is 0 Å². The van der Waals surface area contributed by atoms with Gasteiger partial charge >= 0.3 is 0 Å². The highest BCUT2D eigenvalue weighted by molar-refractivity contribution is 7.15. The number of aliphatic imine (C=N–C) groups is 2. The van der Waals surface area contributed by atoms with E-state index in [0.717, 1.165) is 38.9 Å². The van der Waals surface area contributed by atoms with Gasteiger partial charge in [0.1, 0.15) is 40.8 Å². The number of amidine groups is 1.